The van der Waals surface area contributed by atoms with Crippen molar-refractivity contribution in [3.8, 4) is 5.19 Å². The predicted molar refractivity (Wildman–Crippen MR) is 53.2 cm³/mol. The first-order valence-electron chi connectivity index (χ1n) is 4.42. The van der Waals surface area contributed by atoms with Gasteiger partial charge in [0.1, 0.15) is 6.33 Å². The SMILES string of the molecule is CC(C)NCCCOc1ncns1. The molecule has 0 atom stereocenters. The van der Waals surface area contributed by atoms with Crippen molar-refractivity contribution < 1.29 is 4.74 Å². The maximum absolute atomic E-state index is 5.33. The first-order chi connectivity index (χ1) is 6.29. The van der Waals surface area contributed by atoms with Crippen molar-refractivity contribution in [2.45, 2.75) is 26.3 Å². The van der Waals surface area contributed by atoms with Gasteiger partial charge in [-0.15, -0.1) is 0 Å². The Labute approximate surface area is 82.5 Å². The fraction of sp³-hybridized carbons (Fsp3) is 0.750. The zero-order chi connectivity index (χ0) is 9.52. The summed E-state index contributed by atoms with van der Waals surface area (Å²) in [5.74, 6) is 0. The summed E-state index contributed by atoms with van der Waals surface area (Å²) in [5.41, 5.74) is 0. The molecule has 0 amide bonds. The van der Waals surface area contributed by atoms with Crippen LogP contribution in [0.4, 0.5) is 0 Å². The molecule has 0 saturated heterocycles. The van der Waals surface area contributed by atoms with Gasteiger partial charge in [0.2, 0.25) is 0 Å². The highest BCUT2D eigenvalue weighted by atomic mass is 32.1. The Balaban J connectivity index is 1.96. The molecule has 74 valence electrons. The van der Waals surface area contributed by atoms with Gasteiger partial charge < -0.3 is 10.1 Å². The minimum absolute atomic E-state index is 0.543. The van der Waals surface area contributed by atoms with Crippen LogP contribution >= 0.6 is 11.5 Å². The summed E-state index contributed by atoms with van der Waals surface area (Å²) in [6.07, 6.45) is 2.50. The molecule has 0 saturated carbocycles. The van der Waals surface area contributed by atoms with E-state index in [1.165, 1.54) is 17.9 Å². The first-order valence-corrected chi connectivity index (χ1v) is 5.19. The van der Waals surface area contributed by atoms with Gasteiger partial charge in [0.05, 0.1) is 6.61 Å². The molecule has 1 heterocycles. The minimum atomic E-state index is 0.543. The van der Waals surface area contributed by atoms with Crippen LogP contribution < -0.4 is 10.1 Å². The van der Waals surface area contributed by atoms with Crippen LogP contribution in [0.3, 0.4) is 0 Å². The summed E-state index contributed by atoms with van der Waals surface area (Å²) in [5, 5.41) is 3.97. The lowest BCUT2D eigenvalue weighted by Gasteiger charge is -2.07. The fourth-order valence-electron chi connectivity index (χ4n) is 0.849. The van der Waals surface area contributed by atoms with E-state index < -0.39 is 0 Å². The summed E-state index contributed by atoms with van der Waals surface area (Å²) in [6, 6.07) is 0.543. The molecule has 0 spiro atoms. The first kappa shape index (κ1) is 10.4. The van der Waals surface area contributed by atoms with E-state index in [9.17, 15) is 0 Å². The number of aromatic nitrogens is 2. The van der Waals surface area contributed by atoms with Crippen molar-refractivity contribution in [1.29, 1.82) is 0 Å². The average molecular weight is 201 g/mol. The van der Waals surface area contributed by atoms with E-state index in [1.807, 2.05) is 0 Å². The Morgan fingerprint density at radius 3 is 3.08 bits per heavy atom. The van der Waals surface area contributed by atoms with Crippen molar-refractivity contribution in [2.24, 2.45) is 0 Å². The zero-order valence-corrected chi connectivity index (χ0v) is 8.80. The predicted octanol–water partition coefficient (Wildman–Crippen LogP) is 1.31. The lowest BCUT2D eigenvalue weighted by Crippen LogP contribution is -2.24. The van der Waals surface area contributed by atoms with Crippen LogP contribution in [0.15, 0.2) is 6.33 Å². The van der Waals surface area contributed by atoms with Gasteiger partial charge in [-0.1, -0.05) is 13.8 Å². The molecule has 0 aliphatic rings. The highest BCUT2D eigenvalue weighted by Gasteiger charge is 1.96. The molecule has 1 N–H and O–H groups in total. The molecule has 13 heavy (non-hydrogen) atoms. The number of nitrogens with zero attached hydrogens (tertiary/aromatic N) is 2. The van der Waals surface area contributed by atoms with Crippen molar-refractivity contribution in [2.75, 3.05) is 13.2 Å². The normalized spacial score (nSPS) is 10.7. The zero-order valence-electron chi connectivity index (χ0n) is 7.99. The standard InChI is InChI=1S/C8H15N3OS/c1-7(2)9-4-3-5-12-8-10-6-11-13-8/h6-7,9H,3-5H2,1-2H3. The fourth-order valence-corrected chi connectivity index (χ4v) is 1.26. The molecular weight excluding hydrogens is 186 g/mol. The summed E-state index contributed by atoms with van der Waals surface area (Å²) < 4.78 is 9.17. The topological polar surface area (TPSA) is 47.0 Å². The second-order valence-electron chi connectivity index (χ2n) is 3.02. The average Bonchev–Trinajstić information content (AvgIpc) is 2.55. The molecule has 0 radical (unpaired) electrons. The highest BCUT2D eigenvalue weighted by Crippen LogP contribution is 2.09. The van der Waals surface area contributed by atoms with Crippen LogP contribution in [0.25, 0.3) is 0 Å². The van der Waals surface area contributed by atoms with Gasteiger partial charge in [0, 0.05) is 17.6 Å². The smallest absolute Gasteiger partial charge is 0.292 e. The van der Waals surface area contributed by atoms with E-state index in [0.29, 0.717) is 17.8 Å². The molecule has 1 aromatic rings. The Morgan fingerprint density at radius 2 is 2.46 bits per heavy atom. The number of ether oxygens (including phenoxy) is 1. The summed E-state index contributed by atoms with van der Waals surface area (Å²) >= 11 is 1.28. The minimum Gasteiger partial charge on any atom is -0.469 e. The van der Waals surface area contributed by atoms with Gasteiger partial charge in [-0.2, -0.15) is 9.36 Å². The second-order valence-corrected chi connectivity index (χ2v) is 3.76. The van der Waals surface area contributed by atoms with Crippen molar-refractivity contribution in [3.05, 3.63) is 6.33 Å². The number of hydrogen-bond acceptors (Lipinski definition) is 5. The van der Waals surface area contributed by atoms with Crippen molar-refractivity contribution in [3.63, 3.8) is 0 Å². The molecule has 4 nitrogen and oxygen atoms in total. The van der Waals surface area contributed by atoms with Gasteiger partial charge in [0.25, 0.3) is 5.19 Å². The van der Waals surface area contributed by atoms with E-state index >= 15 is 0 Å². The van der Waals surface area contributed by atoms with Gasteiger partial charge >= 0.3 is 0 Å². The van der Waals surface area contributed by atoms with E-state index in [-0.39, 0.29) is 0 Å². The molecule has 0 aromatic carbocycles. The van der Waals surface area contributed by atoms with E-state index in [4.69, 9.17) is 4.74 Å². The maximum atomic E-state index is 5.33. The Morgan fingerprint density at radius 1 is 1.62 bits per heavy atom. The molecule has 5 heteroatoms. The number of rotatable bonds is 6. The highest BCUT2D eigenvalue weighted by molar-refractivity contribution is 7.07. The third-order valence-electron chi connectivity index (χ3n) is 1.44. The molecule has 1 rings (SSSR count). The van der Waals surface area contributed by atoms with Gasteiger partial charge in [-0.3, -0.25) is 0 Å². The molecule has 0 aliphatic heterocycles. The molecule has 0 bridgehead atoms. The summed E-state index contributed by atoms with van der Waals surface area (Å²) in [6.45, 7) is 5.95. The second kappa shape index (κ2) is 5.88. The van der Waals surface area contributed by atoms with Crippen LogP contribution in [0.2, 0.25) is 0 Å². The number of hydrogen-bond donors (Lipinski definition) is 1. The van der Waals surface area contributed by atoms with Crippen LogP contribution in [0.1, 0.15) is 20.3 Å². The molecule has 0 unspecified atom stereocenters. The van der Waals surface area contributed by atoms with E-state index in [1.54, 1.807) is 0 Å². The quantitative estimate of drug-likeness (QED) is 0.705. The monoisotopic (exact) mass is 201 g/mol. The Bertz CT molecular complexity index is 213. The lowest BCUT2D eigenvalue weighted by molar-refractivity contribution is 0.304. The molecular formula is C8H15N3OS. The Hall–Kier alpha value is -0.680. The van der Waals surface area contributed by atoms with E-state index in [0.717, 1.165) is 13.0 Å². The summed E-state index contributed by atoms with van der Waals surface area (Å²) in [4.78, 5) is 3.91. The van der Waals surface area contributed by atoms with E-state index in [2.05, 4.69) is 28.5 Å². The third-order valence-corrected chi connectivity index (χ3v) is 2.02. The van der Waals surface area contributed by atoms with Gasteiger partial charge in [-0.25, -0.2) is 0 Å². The molecule has 0 fully saturated rings. The summed E-state index contributed by atoms with van der Waals surface area (Å²) in [7, 11) is 0. The van der Waals surface area contributed by atoms with Crippen LogP contribution in [-0.4, -0.2) is 28.6 Å². The lowest BCUT2D eigenvalue weighted by atomic mass is 10.3. The van der Waals surface area contributed by atoms with Crippen LogP contribution in [0.5, 0.6) is 5.19 Å². The third kappa shape index (κ3) is 4.80. The molecule has 0 aliphatic carbocycles. The van der Waals surface area contributed by atoms with Gasteiger partial charge in [0.15, 0.2) is 0 Å². The molecule has 1 aromatic heterocycles. The maximum Gasteiger partial charge on any atom is 0.292 e. The van der Waals surface area contributed by atoms with Crippen LogP contribution in [-0.2, 0) is 0 Å². The van der Waals surface area contributed by atoms with Gasteiger partial charge in [-0.05, 0) is 13.0 Å². The number of nitrogens with one attached hydrogen (secondary N) is 1. The van der Waals surface area contributed by atoms with Crippen molar-refractivity contribution in [1.82, 2.24) is 14.7 Å². The van der Waals surface area contributed by atoms with Crippen molar-refractivity contribution >= 4 is 11.5 Å². The van der Waals surface area contributed by atoms with Crippen LogP contribution in [0, 0.1) is 0 Å². The largest absolute Gasteiger partial charge is 0.469 e. The Kier molecular flexibility index (Phi) is 4.70.